The van der Waals surface area contributed by atoms with Gasteiger partial charge in [-0.25, -0.2) is 8.78 Å². The molecule has 4 heteroatoms. The van der Waals surface area contributed by atoms with Crippen LogP contribution in [0.25, 0.3) is 0 Å². The summed E-state index contributed by atoms with van der Waals surface area (Å²) in [6, 6.07) is 10.9. The molecule has 0 aliphatic carbocycles. The highest BCUT2D eigenvalue weighted by Gasteiger charge is 2.17. The van der Waals surface area contributed by atoms with Crippen molar-refractivity contribution in [3.8, 4) is 5.75 Å². The Morgan fingerprint density at radius 2 is 1.65 bits per heavy atom. The van der Waals surface area contributed by atoms with Crippen molar-refractivity contribution in [3.63, 3.8) is 0 Å². The lowest BCUT2D eigenvalue weighted by molar-refractivity contribution is 0.158. The zero-order valence-electron chi connectivity index (χ0n) is 11.1. The van der Waals surface area contributed by atoms with E-state index in [9.17, 15) is 13.9 Å². The maximum Gasteiger partial charge on any atom is 0.131 e. The molecule has 2 aromatic carbocycles. The van der Waals surface area contributed by atoms with Gasteiger partial charge in [-0.1, -0.05) is 18.2 Å². The van der Waals surface area contributed by atoms with Crippen LogP contribution in [-0.2, 0) is 6.42 Å². The number of methoxy groups -OCH3 is 1. The summed E-state index contributed by atoms with van der Waals surface area (Å²) in [5, 5.41) is 9.94. The minimum Gasteiger partial charge on any atom is -0.497 e. The third kappa shape index (κ3) is 3.33. The molecule has 0 spiro atoms. The molecule has 1 unspecified atom stereocenters. The molecule has 0 aliphatic rings. The largest absolute Gasteiger partial charge is 0.497 e. The molecule has 0 radical (unpaired) electrons. The van der Waals surface area contributed by atoms with Crippen molar-refractivity contribution in [1.29, 1.82) is 0 Å². The van der Waals surface area contributed by atoms with Gasteiger partial charge in [0.2, 0.25) is 0 Å². The zero-order chi connectivity index (χ0) is 14.5. The summed E-state index contributed by atoms with van der Waals surface area (Å²) in [6.07, 6.45) is -0.373. The van der Waals surface area contributed by atoms with Crippen molar-refractivity contribution >= 4 is 0 Å². The second-order valence-electron chi connectivity index (χ2n) is 4.54. The fraction of sp³-hybridized carbons (Fsp3) is 0.250. The molecule has 0 heterocycles. The molecule has 0 aromatic heterocycles. The van der Waals surface area contributed by atoms with Gasteiger partial charge in [0.25, 0.3) is 0 Å². The van der Waals surface area contributed by atoms with Crippen molar-refractivity contribution in [3.05, 3.63) is 65.2 Å². The van der Waals surface area contributed by atoms with Crippen LogP contribution in [-0.4, -0.2) is 12.2 Å². The molecule has 0 saturated heterocycles. The number of ether oxygens (including phenoxy) is 1. The van der Waals surface area contributed by atoms with E-state index < -0.39 is 17.7 Å². The molecular formula is C16H16F2O2. The maximum absolute atomic E-state index is 13.5. The standard InChI is InChI=1S/C16H16F2O2/c1-20-12-8-5-11(6-9-12)7-10-15(19)16-13(17)3-2-4-14(16)18/h2-6,8-9,15,19H,7,10H2,1H3. The van der Waals surface area contributed by atoms with Crippen LogP contribution < -0.4 is 4.74 Å². The highest BCUT2D eigenvalue weighted by molar-refractivity contribution is 5.28. The third-order valence-corrected chi connectivity index (χ3v) is 3.20. The molecule has 0 aliphatic heterocycles. The van der Waals surface area contributed by atoms with Gasteiger partial charge < -0.3 is 9.84 Å². The van der Waals surface area contributed by atoms with E-state index in [2.05, 4.69) is 0 Å². The molecule has 2 aromatic rings. The molecule has 1 atom stereocenters. The van der Waals surface area contributed by atoms with Gasteiger partial charge in [0, 0.05) is 0 Å². The topological polar surface area (TPSA) is 29.5 Å². The molecule has 106 valence electrons. The lowest BCUT2D eigenvalue weighted by Gasteiger charge is -2.13. The minimum atomic E-state index is -1.15. The van der Waals surface area contributed by atoms with Crippen LogP contribution in [0.3, 0.4) is 0 Å². The molecule has 0 bridgehead atoms. The molecule has 2 rings (SSSR count). The molecule has 0 amide bonds. The summed E-state index contributed by atoms with van der Waals surface area (Å²) in [7, 11) is 1.58. The Morgan fingerprint density at radius 3 is 2.20 bits per heavy atom. The van der Waals surface area contributed by atoms with Crippen molar-refractivity contribution < 1.29 is 18.6 Å². The van der Waals surface area contributed by atoms with E-state index in [1.54, 1.807) is 7.11 Å². The average Bonchev–Trinajstić information content (AvgIpc) is 2.45. The smallest absolute Gasteiger partial charge is 0.131 e. The quantitative estimate of drug-likeness (QED) is 0.904. The van der Waals surface area contributed by atoms with Crippen LogP contribution in [0, 0.1) is 11.6 Å². The number of benzene rings is 2. The normalized spacial score (nSPS) is 12.2. The van der Waals surface area contributed by atoms with Gasteiger partial charge in [0.15, 0.2) is 0 Å². The second kappa shape index (κ2) is 6.48. The summed E-state index contributed by atoms with van der Waals surface area (Å²) >= 11 is 0. The number of hydrogen-bond acceptors (Lipinski definition) is 2. The predicted molar refractivity (Wildman–Crippen MR) is 72.6 cm³/mol. The van der Waals surface area contributed by atoms with Crippen LogP contribution in [0.1, 0.15) is 23.7 Å². The van der Waals surface area contributed by atoms with Gasteiger partial charge in [-0.3, -0.25) is 0 Å². The van der Waals surface area contributed by atoms with E-state index in [1.165, 1.54) is 6.07 Å². The Kier molecular flexibility index (Phi) is 4.69. The van der Waals surface area contributed by atoms with Gasteiger partial charge in [-0.15, -0.1) is 0 Å². The Balaban J connectivity index is 2.02. The Bertz CT molecular complexity index is 547. The molecule has 0 fully saturated rings. The van der Waals surface area contributed by atoms with E-state index in [1.807, 2.05) is 24.3 Å². The first-order valence-corrected chi connectivity index (χ1v) is 6.36. The SMILES string of the molecule is COc1ccc(CCC(O)c2c(F)cccc2F)cc1. The number of aliphatic hydroxyl groups is 1. The van der Waals surface area contributed by atoms with E-state index in [-0.39, 0.29) is 12.0 Å². The Labute approximate surface area is 116 Å². The van der Waals surface area contributed by atoms with E-state index in [4.69, 9.17) is 4.74 Å². The Hall–Kier alpha value is -1.94. The number of aliphatic hydroxyl groups excluding tert-OH is 1. The third-order valence-electron chi connectivity index (χ3n) is 3.20. The fourth-order valence-corrected chi connectivity index (χ4v) is 2.07. The molecular weight excluding hydrogens is 262 g/mol. The fourth-order valence-electron chi connectivity index (χ4n) is 2.07. The summed E-state index contributed by atoms with van der Waals surface area (Å²) in [6.45, 7) is 0. The van der Waals surface area contributed by atoms with Crippen molar-refractivity contribution in [2.45, 2.75) is 18.9 Å². The Morgan fingerprint density at radius 1 is 1.05 bits per heavy atom. The maximum atomic E-state index is 13.5. The summed E-state index contributed by atoms with van der Waals surface area (Å²) in [4.78, 5) is 0. The van der Waals surface area contributed by atoms with E-state index in [0.717, 1.165) is 23.4 Å². The summed E-state index contributed by atoms with van der Waals surface area (Å²) < 4.78 is 32.1. The lowest BCUT2D eigenvalue weighted by atomic mass is 10.0. The van der Waals surface area contributed by atoms with Crippen molar-refractivity contribution in [2.75, 3.05) is 7.11 Å². The van der Waals surface area contributed by atoms with Gasteiger partial charge >= 0.3 is 0 Å². The first-order valence-electron chi connectivity index (χ1n) is 6.36. The number of aryl methyl sites for hydroxylation is 1. The van der Waals surface area contributed by atoms with Crippen LogP contribution in [0.15, 0.2) is 42.5 Å². The summed E-state index contributed by atoms with van der Waals surface area (Å²) in [5.41, 5.74) is 0.711. The van der Waals surface area contributed by atoms with Gasteiger partial charge in [-0.05, 0) is 42.7 Å². The summed E-state index contributed by atoms with van der Waals surface area (Å²) in [5.74, 6) is -0.686. The number of hydrogen-bond donors (Lipinski definition) is 1. The van der Waals surface area contributed by atoms with Crippen molar-refractivity contribution in [2.24, 2.45) is 0 Å². The average molecular weight is 278 g/mol. The lowest BCUT2D eigenvalue weighted by Crippen LogP contribution is -2.05. The van der Waals surface area contributed by atoms with Gasteiger partial charge in [-0.2, -0.15) is 0 Å². The molecule has 0 saturated carbocycles. The van der Waals surface area contributed by atoms with E-state index in [0.29, 0.717) is 6.42 Å². The molecule has 20 heavy (non-hydrogen) atoms. The van der Waals surface area contributed by atoms with Gasteiger partial charge in [0.1, 0.15) is 17.4 Å². The highest BCUT2D eigenvalue weighted by Crippen LogP contribution is 2.25. The van der Waals surface area contributed by atoms with Gasteiger partial charge in [0.05, 0.1) is 18.8 Å². The zero-order valence-corrected chi connectivity index (χ0v) is 11.1. The molecule has 1 N–H and O–H groups in total. The number of halogens is 2. The highest BCUT2D eigenvalue weighted by atomic mass is 19.1. The minimum absolute atomic E-state index is 0.254. The van der Waals surface area contributed by atoms with E-state index >= 15 is 0 Å². The van der Waals surface area contributed by atoms with Crippen LogP contribution in [0.5, 0.6) is 5.75 Å². The van der Waals surface area contributed by atoms with Crippen LogP contribution in [0.2, 0.25) is 0 Å². The first kappa shape index (κ1) is 14.5. The number of rotatable bonds is 5. The second-order valence-corrected chi connectivity index (χ2v) is 4.54. The van der Waals surface area contributed by atoms with Crippen LogP contribution >= 0.6 is 0 Å². The first-order chi connectivity index (χ1) is 9.61. The van der Waals surface area contributed by atoms with Crippen molar-refractivity contribution in [1.82, 2.24) is 0 Å². The predicted octanol–water partition coefficient (Wildman–Crippen LogP) is 3.64. The van der Waals surface area contributed by atoms with Crippen LogP contribution in [0.4, 0.5) is 8.78 Å². The molecule has 2 nitrogen and oxygen atoms in total. The monoisotopic (exact) mass is 278 g/mol.